The van der Waals surface area contributed by atoms with Gasteiger partial charge in [-0.15, -0.1) is 11.3 Å². The molecular weight excluding hydrogens is 376 g/mol. The lowest BCUT2D eigenvalue weighted by Crippen LogP contribution is -2.22. The zero-order valence-corrected chi connectivity index (χ0v) is 16.0. The number of hydrogen-bond donors (Lipinski definition) is 1. The molecule has 0 spiro atoms. The summed E-state index contributed by atoms with van der Waals surface area (Å²) in [5, 5.41) is 7.08. The molecule has 1 aliphatic carbocycles. The number of halogens is 2. The summed E-state index contributed by atoms with van der Waals surface area (Å²) in [7, 11) is 0. The number of rotatable bonds is 6. The van der Waals surface area contributed by atoms with Crippen LogP contribution in [0, 0.1) is 6.92 Å². The number of fused-ring (bicyclic) bond motifs is 1. The molecule has 0 aromatic carbocycles. The molecule has 3 rings (SSSR count). The maximum Gasteiger partial charge on any atom is 0.341 e. The van der Waals surface area contributed by atoms with E-state index < -0.39 is 18.3 Å². The number of aromatic nitrogens is 2. The number of aryl methyl sites for hydroxylation is 2. The minimum absolute atomic E-state index is 0.237. The van der Waals surface area contributed by atoms with Gasteiger partial charge in [0, 0.05) is 4.88 Å². The van der Waals surface area contributed by atoms with Crippen LogP contribution < -0.4 is 5.32 Å². The molecule has 0 saturated heterocycles. The van der Waals surface area contributed by atoms with Gasteiger partial charge in [-0.25, -0.2) is 13.6 Å². The molecule has 0 atom stereocenters. The molecule has 146 valence electrons. The van der Waals surface area contributed by atoms with Crippen LogP contribution in [0.15, 0.2) is 6.07 Å². The smallest absolute Gasteiger partial charge is 0.341 e. The van der Waals surface area contributed by atoms with Crippen molar-refractivity contribution in [2.24, 2.45) is 0 Å². The van der Waals surface area contributed by atoms with E-state index in [1.165, 1.54) is 17.4 Å². The summed E-state index contributed by atoms with van der Waals surface area (Å²) >= 11 is 1.36. The summed E-state index contributed by atoms with van der Waals surface area (Å²) in [5.74, 6) is -0.973. The van der Waals surface area contributed by atoms with Crippen LogP contribution in [0.2, 0.25) is 0 Å². The van der Waals surface area contributed by atoms with Crippen molar-refractivity contribution in [2.75, 3.05) is 11.9 Å². The lowest BCUT2D eigenvalue weighted by Gasteiger charge is -2.12. The van der Waals surface area contributed by atoms with Gasteiger partial charge >= 0.3 is 5.97 Å². The van der Waals surface area contributed by atoms with Crippen molar-refractivity contribution in [2.45, 2.75) is 52.5 Å². The highest BCUT2D eigenvalue weighted by molar-refractivity contribution is 7.17. The van der Waals surface area contributed by atoms with Crippen molar-refractivity contribution in [3.8, 4) is 0 Å². The van der Waals surface area contributed by atoms with Crippen LogP contribution in [0.4, 0.5) is 13.8 Å². The highest BCUT2D eigenvalue weighted by atomic mass is 32.1. The number of nitrogens with zero attached hydrogens (tertiary/aromatic N) is 2. The number of alkyl halides is 2. The summed E-state index contributed by atoms with van der Waals surface area (Å²) in [5.41, 5.74) is 1.44. The monoisotopic (exact) mass is 397 g/mol. The zero-order valence-electron chi connectivity index (χ0n) is 15.2. The molecule has 2 aromatic heterocycles. The van der Waals surface area contributed by atoms with Gasteiger partial charge in [0.15, 0.2) is 0 Å². The number of amides is 1. The Kier molecular flexibility index (Phi) is 5.88. The van der Waals surface area contributed by atoms with E-state index in [0.29, 0.717) is 16.3 Å². The van der Waals surface area contributed by atoms with Gasteiger partial charge in [-0.3, -0.25) is 9.48 Å². The second-order valence-electron chi connectivity index (χ2n) is 6.35. The van der Waals surface area contributed by atoms with E-state index in [2.05, 4.69) is 10.4 Å². The second-order valence-corrected chi connectivity index (χ2v) is 7.46. The maximum atomic E-state index is 13.1. The predicted octanol–water partition coefficient (Wildman–Crippen LogP) is 3.88. The van der Waals surface area contributed by atoms with Crippen molar-refractivity contribution in [1.29, 1.82) is 0 Å². The molecule has 0 bridgehead atoms. The van der Waals surface area contributed by atoms with Crippen LogP contribution in [0.1, 0.15) is 58.4 Å². The standard InChI is InChI=1S/C18H21F2N3O3S/c1-3-26-18(25)15-11-6-4-5-7-13(11)27-17(15)21-14(24)9-23-12(16(19)20)8-10(2)22-23/h8,16H,3-7,9H2,1-2H3,(H,21,24). The SMILES string of the molecule is CCOC(=O)c1c(NC(=O)Cn2nc(C)cc2C(F)F)sc2c1CCCC2. The topological polar surface area (TPSA) is 73.2 Å². The Hall–Kier alpha value is -2.29. The van der Waals surface area contributed by atoms with E-state index in [4.69, 9.17) is 4.74 Å². The molecule has 0 aliphatic heterocycles. The number of ether oxygens (including phenoxy) is 1. The first kappa shape index (κ1) is 19.5. The quantitative estimate of drug-likeness (QED) is 0.751. The molecular formula is C18H21F2N3O3S. The Balaban J connectivity index is 1.84. The molecule has 0 unspecified atom stereocenters. The van der Waals surface area contributed by atoms with Gasteiger partial charge in [-0.1, -0.05) is 0 Å². The Morgan fingerprint density at radius 3 is 2.81 bits per heavy atom. The van der Waals surface area contributed by atoms with Gasteiger partial charge in [0.05, 0.1) is 17.9 Å². The van der Waals surface area contributed by atoms with Crippen LogP contribution in [-0.2, 0) is 28.9 Å². The lowest BCUT2D eigenvalue weighted by molar-refractivity contribution is -0.117. The molecule has 1 amide bonds. The molecule has 27 heavy (non-hydrogen) atoms. The maximum absolute atomic E-state index is 13.1. The number of nitrogens with one attached hydrogen (secondary N) is 1. The van der Waals surface area contributed by atoms with Crippen LogP contribution >= 0.6 is 11.3 Å². The number of anilines is 1. The van der Waals surface area contributed by atoms with Gasteiger partial charge in [-0.2, -0.15) is 5.10 Å². The minimum atomic E-state index is -2.72. The molecule has 6 nitrogen and oxygen atoms in total. The van der Waals surface area contributed by atoms with Crippen LogP contribution in [-0.4, -0.2) is 28.3 Å². The average Bonchev–Trinajstić information content (AvgIpc) is 3.14. The number of carbonyl (C=O) groups is 2. The summed E-state index contributed by atoms with van der Waals surface area (Å²) < 4.78 is 32.3. The fourth-order valence-corrected chi connectivity index (χ4v) is 4.54. The van der Waals surface area contributed by atoms with Crippen molar-refractivity contribution in [3.63, 3.8) is 0 Å². The molecule has 2 aromatic rings. The van der Waals surface area contributed by atoms with Gasteiger partial charge in [-0.05, 0) is 51.2 Å². The summed E-state index contributed by atoms with van der Waals surface area (Å²) in [6.45, 7) is 3.20. The summed E-state index contributed by atoms with van der Waals surface area (Å²) in [6, 6.07) is 1.26. The second kappa shape index (κ2) is 8.16. The Morgan fingerprint density at radius 1 is 1.37 bits per heavy atom. The van der Waals surface area contributed by atoms with Crippen LogP contribution in [0.5, 0.6) is 0 Å². The third kappa shape index (κ3) is 4.18. The normalized spacial score (nSPS) is 13.5. The van der Waals surface area contributed by atoms with E-state index in [-0.39, 0.29) is 18.8 Å². The van der Waals surface area contributed by atoms with Crippen molar-refractivity contribution in [3.05, 3.63) is 33.5 Å². The van der Waals surface area contributed by atoms with Crippen LogP contribution in [0.25, 0.3) is 0 Å². The predicted molar refractivity (Wildman–Crippen MR) is 97.5 cm³/mol. The number of hydrogen-bond acceptors (Lipinski definition) is 5. The van der Waals surface area contributed by atoms with E-state index >= 15 is 0 Å². The molecule has 2 heterocycles. The molecule has 0 radical (unpaired) electrons. The number of carbonyl (C=O) groups excluding carboxylic acids is 2. The van der Waals surface area contributed by atoms with E-state index in [0.717, 1.165) is 40.8 Å². The summed E-state index contributed by atoms with van der Waals surface area (Å²) in [6.07, 6.45) is 0.921. The molecule has 1 N–H and O–H groups in total. The van der Waals surface area contributed by atoms with Gasteiger partial charge < -0.3 is 10.1 Å². The van der Waals surface area contributed by atoms with Gasteiger partial charge in [0.25, 0.3) is 6.43 Å². The number of esters is 1. The van der Waals surface area contributed by atoms with E-state index in [9.17, 15) is 18.4 Å². The number of thiophene rings is 1. The largest absolute Gasteiger partial charge is 0.462 e. The minimum Gasteiger partial charge on any atom is -0.462 e. The Labute approximate surface area is 159 Å². The highest BCUT2D eigenvalue weighted by Gasteiger charge is 2.27. The average molecular weight is 397 g/mol. The zero-order chi connectivity index (χ0) is 19.6. The Bertz CT molecular complexity index is 860. The third-order valence-corrected chi connectivity index (χ3v) is 5.56. The molecule has 1 aliphatic rings. The molecule has 9 heteroatoms. The van der Waals surface area contributed by atoms with E-state index in [1.807, 2.05) is 0 Å². The summed E-state index contributed by atoms with van der Waals surface area (Å²) in [4.78, 5) is 25.9. The van der Waals surface area contributed by atoms with E-state index in [1.54, 1.807) is 13.8 Å². The van der Waals surface area contributed by atoms with Gasteiger partial charge in [0.2, 0.25) is 5.91 Å². The first-order chi connectivity index (χ1) is 12.9. The Morgan fingerprint density at radius 2 is 2.11 bits per heavy atom. The first-order valence-electron chi connectivity index (χ1n) is 8.84. The van der Waals surface area contributed by atoms with Gasteiger partial charge in [0.1, 0.15) is 17.2 Å². The van der Waals surface area contributed by atoms with Crippen molar-refractivity contribution < 1.29 is 23.1 Å². The fraction of sp³-hybridized carbons (Fsp3) is 0.500. The molecule has 0 saturated carbocycles. The first-order valence-corrected chi connectivity index (χ1v) is 9.66. The third-order valence-electron chi connectivity index (χ3n) is 4.35. The van der Waals surface area contributed by atoms with Crippen LogP contribution in [0.3, 0.4) is 0 Å². The fourth-order valence-electron chi connectivity index (χ4n) is 3.24. The van der Waals surface area contributed by atoms with Crippen molar-refractivity contribution in [1.82, 2.24) is 9.78 Å². The highest BCUT2D eigenvalue weighted by Crippen LogP contribution is 2.38. The van der Waals surface area contributed by atoms with Crippen molar-refractivity contribution >= 4 is 28.2 Å². The lowest BCUT2D eigenvalue weighted by atomic mass is 9.95. The molecule has 0 fully saturated rings.